The van der Waals surface area contributed by atoms with E-state index in [9.17, 15) is 22.8 Å². The van der Waals surface area contributed by atoms with Gasteiger partial charge in [-0.25, -0.2) is 4.79 Å². The highest BCUT2D eigenvalue weighted by Gasteiger charge is 2.33. The lowest BCUT2D eigenvalue weighted by molar-refractivity contribution is -0.137. The molecule has 2 amide bonds. The highest BCUT2D eigenvalue weighted by atomic mass is 19.4. The van der Waals surface area contributed by atoms with Gasteiger partial charge in [0.25, 0.3) is 5.91 Å². The van der Waals surface area contributed by atoms with Gasteiger partial charge in [0, 0.05) is 18.1 Å². The summed E-state index contributed by atoms with van der Waals surface area (Å²) in [6.45, 7) is 0.381. The number of fused-ring (bicyclic) bond motifs is 1. The Labute approximate surface area is 146 Å². The average molecular weight is 367 g/mol. The number of carbonyl (C=O) groups is 2. The van der Waals surface area contributed by atoms with Crippen molar-refractivity contribution in [2.45, 2.75) is 25.1 Å². The molecule has 0 aliphatic carbocycles. The number of aromatic nitrogens is 1. The minimum absolute atomic E-state index is 0.0438. The molecule has 0 spiro atoms. The van der Waals surface area contributed by atoms with E-state index in [0.717, 1.165) is 12.1 Å². The zero-order chi connectivity index (χ0) is 18.9. The maximum Gasteiger partial charge on any atom is 0.416 e. The van der Waals surface area contributed by atoms with Crippen LogP contribution in [0.4, 0.5) is 18.0 Å². The van der Waals surface area contributed by atoms with Crippen molar-refractivity contribution in [1.82, 2.24) is 9.88 Å². The smallest absolute Gasteiger partial charge is 0.416 e. The maximum absolute atomic E-state index is 13.0. The summed E-state index contributed by atoms with van der Waals surface area (Å²) in [6.07, 6.45) is -2.75. The van der Waals surface area contributed by atoms with Crippen LogP contribution in [-0.2, 0) is 10.9 Å². The first kappa shape index (κ1) is 18.0. The van der Waals surface area contributed by atoms with E-state index < -0.39 is 23.7 Å². The van der Waals surface area contributed by atoms with Gasteiger partial charge in [0.15, 0.2) is 0 Å². The van der Waals surface area contributed by atoms with Crippen molar-refractivity contribution < 1.29 is 27.5 Å². The lowest BCUT2D eigenvalue weighted by Crippen LogP contribution is -2.39. The number of halogens is 3. The molecule has 9 heteroatoms. The van der Waals surface area contributed by atoms with E-state index in [2.05, 4.69) is 4.98 Å². The molecule has 1 aromatic carbocycles. The minimum atomic E-state index is -4.52. The predicted octanol–water partition coefficient (Wildman–Crippen LogP) is 2.95. The summed E-state index contributed by atoms with van der Waals surface area (Å²) in [5.74, 6) is -0.424. The molecule has 1 aliphatic heterocycles. The first-order valence-electron chi connectivity index (χ1n) is 7.96. The van der Waals surface area contributed by atoms with Crippen LogP contribution in [-0.4, -0.2) is 41.1 Å². The van der Waals surface area contributed by atoms with Crippen molar-refractivity contribution in [3.63, 3.8) is 0 Å². The monoisotopic (exact) mass is 367 g/mol. The molecule has 0 saturated carbocycles. The van der Waals surface area contributed by atoms with Gasteiger partial charge in [0.1, 0.15) is 6.61 Å². The van der Waals surface area contributed by atoms with E-state index in [4.69, 9.17) is 10.5 Å². The first-order valence-corrected chi connectivity index (χ1v) is 7.96. The number of pyridine rings is 1. The van der Waals surface area contributed by atoms with E-state index >= 15 is 0 Å². The third kappa shape index (κ3) is 3.56. The highest BCUT2D eigenvalue weighted by molar-refractivity contribution is 6.06. The van der Waals surface area contributed by atoms with Gasteiger partial charge in [-0.15, -0.1) is 0 Å². The zero-order valence-corrected chi connectivity index (χ0v) is 13.6. The van der Waals surface area contributed by atoms with Crippen molar-refractivity contribution in [2.75, 3.05) is 13.2 Å². The van der Waals surface area contributed by atoms with Crippen molar-refractivity contribution >= 4 is 22.9 Å². The van der Waals surface area contributed by atoms with Gasteiger partial charge in [-0.1, -0.05) is 0 Å². The fraction of sp³-hybridized carbons (Fsp3) is 0.353. The van der Waals surface area contributed by atoms with Crippen LogP contribution < -0.4 is 5.73 Å². The number of amides is 2. The number of alkyl halides is 3. The summed E-state index contributed by atoms with van der Waals surface area (Å²) >= 11 is 0. The molecule has 1 atom stereocenters. The van der Waals surface area contributed by atoms with Gasteiger partial charge in [-0.3, -0.25) is 9.78 Å². The van der Waals surface area contributed by atoms with Gasteiger partial charge in [-0.2, -0.15) is 13.2 Å². The number of benzene rings is 1. The fourth-order valence-corrected chi connectivity index (χ4v) is 3.12. The van der Waals surface area contributed by atoms with Crippen molar-refractivity contribution in [3.05, 3.63) is 41.6 Å². The van der Waals surface area contributed by atoms with E-state index in [0.29, 0.717) is 24.9 Å². The second-order valence-electron chi connectivity index (χ2n) is 6.01. The van der Waals surface area contributed by atoms with E-state index in [1.807, 2.05) is 0 Å². The van der Waals surface area contributed by atoms with Crippen LogP contribution in [0, 0.1) is 0 Å². The van der Waals surface area contributed by atoms with Crippen LogP contribution in [0.2, 0.25) is 0 Å². The van der Waals surface area contributed by atoms with Gasteiger partial charge >= 0.3 is 12.3 Å². The second kappa shape index (κ2) is 6.81. The molecule has 1 unspecified atom stereocenters. The molecule has 26 heavy (non-hydrogen) atoms. The number of likely N-dealkylation sites (tertiary alicyclic amines) is 1. The number of carbonyl (C=O) groups excluding carboxylic acids is 2. The number of nitrogens with two attached hydrogens (primary N) is 1. The van der Waals surface area contributed by atoms with Crippen LogP contribution in [0.25, 0.3) is 10.9 Å². The molecule has 1 saturated heterocycles. The summed E-state index contributed by atoms with van der Waals surface area (Å²) < 4.78 is 43.8. The molecule has 1 fully saturated rings. The summed E-state index contributed by atoms with van der Waals surface area (Å²) in [6, 6.07) is 4.15. The number of hydrogen-bond donors (Lipinski definition) is 1. The maximum atomic E-state index is 13.0. The summed E-state index contributed by atoms with van der Waals surface area (Å²) in [7, 11) is 0. The Morgan fingerprint density at radius 1 is 1.31 bits per heavy atom. The third-order valence-corrected chi connectivity index (χ3v) is 4.36. The lowest BCUT2D eigenvalue weighted by Gasteiger charge is -2.24. The number of hydrogen-bond acceptors (Lipinski definition) is 4. The molecule has 1 aliphatic rings. The number of primary amides is 1. The standard InChI is InChI=1S/C17H16F3N3O3/c18-17(19,20)10-3-4-14-13(8-10)12(5-6-22-14)15(24)23-7-1-2-11(23)9-26-16(21)25/h3-6,8,11H,1-2,7,9H2,(H2,21,25). The van der Waals surface area contributed by atoms with Crippen LogP contribution in [0.1, 0.15) is 28.8 Å². The average Bonchev–Trinajstić information content (AvgIpc) is 3.06. The molecule has 0 bridgehead atoms. The van der Waals surface area contributed by atoms with Crippen LogP contribution in [0.15, 0.2) is 30.5 Å². The Bertz CT molecular complexity index is 854. The Morgan fingerprint density at radius 3 is 2.77 bits per heavy atom. The normalized spacial score (nSPS) is 17.5. The van der Waals surface area contributed by atoms with Crippen molar-refractivity contribution in [1.29, 1.82) is 0 Å². The molecular formula is C17H16F3N3O3. The highest BCUT2D eigenvalue weighted by Crippen LogP contribution is 2.32. The molecule has 2 heterocycles. The molecular weight excluding hydrogens is 351 g/mol. The first-order chi connectivity index (χ1) is 12.3. The Kier molecular flexibility index (Phi) is 4.71. The molecule has 1 aromatic heterocycles. The number of ether oxygens (including phenoxy) is 1. The van der Waals surface area contributed by atoms with Crippen LogP contribution in [0.3, 0.4) is 0 Å². The van der Waals surface area contributed by atoms with Gasteiger partial charge in [-0.05, 0) is 37.1 Å². The zero-order valence-electron chi connectivity index (χ0n) is 13.6. The van der Waals surface area contributed by atoms with Crippen LogP contribution in [0.5, 0.6) is 0 Å². The van der Waals surface area contributed by atoms with Gasteiger partial charge in [0.05, 0.1) is 22.7 Å². The predicted molar refractivity (Wildman–Crippen MR) is 86.3 cm³/mol. The molecule has 6 nitrogen and oxygen atoms in total. The Balaban J connectivity index is 1.96. The Morgan fingerprint density at radius 2 is 2.08 bits per heavy atom. The van der Waals surface area contributed by atoms with Crippen LogP contribution >= 0.6 is 0 Å². The third-order valence-electron chi connectivity index (χ3n) is 4.36. The SMILES string of the molecule is NC(=O)OCC1CCCN1C(=O)c1ccnc2ccc(C(F)(F)F)cc12. The summed E-state index contributed by atoms with van der Waals surface area (Å²) in [5.41, 5.74) is 4.54. The van der Waals surface area contributed by atoms with Crippen molar-refractivity contribution in [3.8, 4) is 0 Å². The molecule has 138 valence electrons. The largest absolute Gasteiger partial charge is 0.448 e. The minimum Gasteiger partial charge on any atom is -0.448 e. The molecule has 3 rings (SSSR count). The number of rotatable bonds is 3. The second-order valence-corrected chi connectivity index (χ2v) is 6.01. The topological polar surface area (TPSA) is 85.5 Å². The molecule has 0 radical (unpaired) electrons. The lowest BCUT2D eigenvalue weighted by atomic mass is 10.0. The number of nitrogens with zero attached hydrogens (tertiary/aromatic N) is 2. The van der Waals surface area contributed by atoms with Crippen molar-refractivity contribution in [2.24, 2.45) is 5.73 Å². The fourth-order valence-electron chi connectivity index (χ4n) is 3.12. The van der Waals surface area contributed by atoms with E-state index in [1.165, 1.54) is 23.2 Å². The molecule has 2 N–H and O–H groups in total. The molecule has 2 aromatic rings. The van der Waals surface area contributed by atoms with Gasteiger partial charge < -0.3 is 15.4 Å². The summed E-state index contributed by atoms with van der Waals surface area (Å²) in [4.78, 5) is 29.2. The Hall–Kier alpha value is -2.84. The van der Waals surface area contributed by atoms with Gasteiger partial charge in [0.2, 0.25) is 0 Å². The summed E-state index contributed by atoms with van der Waals surface area (Å²) in [5, 5.41) is 0.133. The van der Waals surface area contributed by atoms with E-state index in [-0.39, 0.29) is 23.6 Å². The van der Waals surface area contributed by atoms with E-state index in [1.54, 1.807) is 0 Å². The quantitative estimate of drug-likeness (QED) is 0.904.